The molecule has 3 N–H and O–H groups in total. The summed E-state index contributed by atoms with van der Waals surface area (Å²) in [6.45, 7) is 3.50. The van der Waals surface area contributed by atoms with E-state index in [-0.39, 0.29) is 30.7 Å². The third kappa shape index (κ3) is 8.44. The quantitative estimate of drug-likeness (QED) is 0.314. The highest BCUT2D eigenvalue weighted by Gasteiger charge is 2.26. The van der Waals surface area contributed by atoms with E-state index in [0.717, 1.165) is 42.4 Å². The molecule has 0 saturated carbocycles. The average molecular weight is 534 g/mol. The van der Waals surface area contributed by atoms with Crippen LogP contribution >= 0.6 is 24.2 Å². The van der Waals surface area contributed by atoms with Gasteiger partial charge in [-0.15, -0.1) is 12.4 Å². The van der Waals surface area contributed by atoms with Gasteiger partial charge in [-0.2, -0.15) is 4.99 Å². The molecule has 1 saturated heterocycles. The van der Waals surface area contributed by atoms with Crippen molar-refractivity contribution >= 4 is 41.3 Å². The Bertz CT molecular complexity index is 1040. The third-order valence-corrected chi connectivity index (χ3v) is 6.66. The van der Waals surface area contributed by atoms with Gasteiger partial charge >= 0.3 is 0 Å². The maximum Gasteiger partial charge on any atom is 0.286 e. The van der Waals surface area contributed by atoms with Crippen molar-refractivity contribution in [3.63, 3.8) is 0 Å². The van der Waals surface area contributed by atoms with Gasteiger partial charge in [0.1, 0.15) is 36.6 Å². The SMILES string of the molecule is Cl.O=C1N=C(N2CCCCC2)S/C1=C\c1ccc(OCCNC[C@H](O)COc2ccc(O)cc2)cc1. The molecule has 10 heteroatoms. The molecule has 0 aromatic heterocycles. The summed E-state index contributed by atoms with van der Waals surface area (Å²) >= 11 is 1.46. The van der Waals surface area contributed by atoms with Gasteiger partial charge in [0.15, 0.2) is 5.17 Å². The summed E-state index contributed by atoms with van der Waals surface area (Å²) in [4.78, 5) is 19.4. The first-order valence-corrected chi connectivity index (χ1v) is 12.7. The van der Waals surface area contributed by atoms with Gasteiger partial charge in [0.25, 0.3) is 5.91 Å². The normalized spacial score (nSPS) is 17.5. The van der Waals surface area contributed by atoms with Crippen LogP contribution < -0.4 is 14.8 Å². The number of ether oxygens (including phenoxy) is 2. The van der Waals surface area contributed by atoms with Gasteiger partial charge in [0.05, 0.1) is 4.91 Å². The summed E-state index contributed by atoms with van der Waals surface area (Å²) in [7, 11) is 0. The van der Waals surface area contributed by atoms with E-state index in [9.17, 15) is 15.0 Å². The number of thioether (sulfide) groups is 1. The fourth-order valence-corrected chi connectivity index (χ4v) is 4.70. The van der Waals surface area contributed by atoms with Crippen LogP contribution in [0, 0.1) is 0 Å². The monoisotopic (exact) mass is 533 g/mol. The minimum Gasteiger partial charge on any atom is -0.508 e. The molecule has 0 aliphatic carbocycles. The standard InChI is InChI=1S/C26H31N3O5S.ClH/c30-20-6-10-23(11-7-20)34-18-21(31)17-27-12-15-33-22-8-4-19(5-9-22)16-24-25(32)28-26(35-24)29-13-2-1-3-14-29;/h4-11,16,21,27,30-31H,1-3,12-15,17-18H2;1H/b24-16-;/t21-;/m0./s1. The molecular weight excluding hydrogens is 502 g/mol. The number of nitrogens with one attached hydrogen (secondary N) is 1. The molecule has 36 heavy (non-hydrogen) atoms. The predicted octanol–water partition coefficient (Wildman–Crippen LogP) is 3.68. The minimum absolute atomic E-state index is 0. The van der Waals surface area contributed by atoms with Crippen molar-refractivity contribution in [1.29, 1.82) is 0 Å². The number of hydrogen-bond acceptors (Lipinski definition) is 8. The zero-order chi connectivity index (χ0) is 24.5. The maximum absolute atomic E-state index is 12.3. The number of piperidine rings is 1. The largest absolute Gasteiger partial charge is 0.508 e. The fraction of sp³-hybridized carbons (Fsp3) is 0.385. The van der Waals surface area contributed by atoms with Crippen molar-refractivity contribution in [3.05, 3.63) is 59.0 Å². The average Bonchev–Trinajstić information content (AvgIpc) is 3.25. The van der Waals surface area contributed by atoms with E-state index in [0.29, 0.717) is 30.4 Å². The number of aliphatic hydroxyl groups excluding tert-OH is 1. The number of carbonyl (C=O) groups excluding carboxylic acids is 1. The molecule has 2 aromatic rings. The number of aliphatic imine (C=N–C) groups is 1. The molecule has 2 heterocycles. The molecule has 1 amide bonds. The lowest BCUT2D eigenvalue weighted by Crippen LogP contribution is -2.33. The van der Waals surface area contributed by atoms with Gasteiger partial charge in [-0.1, -0.05) is 12.1 Å². The summed E-state index contributed by atoms with van der Waals surface area (Å²) in [6.07, 6.45) is 4.76. The Kier molecular flexibility index (Phi) is 10.9. The molecule has 194 valence electrons. The number of benzene rings is 2. The van der Waals surface area contributed by atoms with Crippen molar-refractivity contribution in [3.8, 4) is 17.2 Å². The zero-order valence-electron chi connectivity index (χ0n) is 20.0. The molecule has 1 atom stereocenters. The van der Waals surface area contributed by atoms with Crippen LogP contribution in [0.15, 0.2) is 58.4 Å². The molecule has 2 aromatic carbocycles. The van der Waals surface area contributed by atoms with Crippen molar-refractivity contribution in [1.82, 2.24) is 10.2 Å². The van der Waals surface area contributed by atoms with Gasteiger partial charge in [0, 0.05) is 26.2 Å². The van der Waals surface area contributed by atoms with Crippen molar-refractivity contribution in [2.24, 2.45) is 4.99 Å². The summed E-state index contributed by atoms with van der Waals surface area (Å²) in [6, 6.07) is 14.0. The number of likely N-dealkylation sites (tertiary alicyclic amines) is 1. The molecule has 2 aliphatic rings. The number of rotatable bonds is 10. The van der Waals surface area contributed by atoms with Crippen LogP contribution in [0.4, 0.5) is 0 Å². The highest BCUT2D eigenvalue weighted by Crippen LogP contribution is 2.31. The molecule has 2 aliphatic heterocycles. The number of phenolic OH excluding ortho intramolecular Hbond substituents is 1. The first kappa shape index (κ1) is 27.9. The number of carbonyl (C=O) groups is 1. The van der Waals surface area contributed by atoms with Gasteiger partial charge in [-0.25, -0.2) is 0 Å². The van der Waals surface area contributed by atoms with Crippen LogP contribution in [0.1, 0.15) is 24.8 Å². The number of phenols is 1. The molecule has 1 fully saturated rings. The zero-order valence-corrected chi connectivity index (χ0v) is 21.6. The maximum atomic E-state index is 12.3. The molecule has 4 rings (SSSR count). The fourth-order valence-electron chi connectivity index (χ4n) is 3.73. The Labute approximate surface area is 221 Å². The van der Waals surface area contributed by atoms with Crippen LogP contribution in [-0.4, -0.2) is 71.7 Å². The number of aliphatic hydroxyl groups is 1. The summed E-state index contributed by atoms with van der Waals surface area (Å²) in [5.74, 6) is 1.33. The van der Waals surface area contributed by atoms with E-state index in [1.807, 2.05) is 30.3 Å². The Morgan fingerprint density at radius 1 is 1.03 bits per heavy atom. The lowest BCUT2D eigenvalue weighted by Gasteiger charge is -2.27. The first-order chi connectivity index (χ1) is 17.1. The van der Waals surface area contributed by atoms with Crippen LogP contribution in [0.25, 0.3) is 6.08 Å². The van der Waals surface area contributed by atoms with Crippen LogP contribution in [0.2, 0.25) is 0 Å². The lowest BCUT2D eigenvalue weighted by molar-refractivity contribution is -0.113. The summed E-state index contributed by atoms with van der Waals surface area (Å²) < 4.78 is 11.2. The Hall–Kier alpha value is -2.72. The molecule has 0 radical (unpaired) electrons. The number of nitrogens with zero attached hydrogens (tertiary/aromatic N) is 2. The van der Waals surface area contributed by atoms with E-state index in [2.05, 4.69) is 15.2 Å². The molecular formula is C26H32ClN3O5S. The second-order valence-electron chi connectivity index (χ2n) is 8.44. The van der Waals surface area contributed by atoms with Gasteiger partial charge < -0.3 is 29.9 Å². The second-order valence-corrected chi connectivity index (χ2v) is 9.45. The van der Waals surface area contributed by atoms with Gasteiger partial charge in [0.2, 0.25) is 0 Å². The first-order valence-electron chi connectivity index (χ1n) is 11.9. The molecule has 0 bridgehead atoms. The van der Waals surface area contributed by atoms with E-state index >= 15 is 0 Å². The van der Waals surface area contributed by atoms with Crippen molar-refractivity contribution in [2.45, 2.75) is 25.4 Å². The molecule has 0 spiro atoms. The van der Waals surface area contributed by atoms with Crippen LogP contribution in [-0.2, 0) is 4.79 Å². The second kappa shape index (κ2) is 14.1. The smallest absolute Gasteiger partial charge is 0.286 e. The molecule has 8 nitrogen and oxygen atoms in total. The van der Waals surface area contributed by atoms with Crippen molar-refractivity contribution in [2.75, 3.05) is 39.4 Å². The number of hydrogen-bond donors (Lipinski definition) is 3. The number of amides is 1. The van der Waals surface area contributed by atoms with Crippen LogP contribution in [0.5, 0.6) is 17.2 Å². The number of amidine groups is 1. The number of aromatic hydroxyl groups is 1. The third-order valence-electron chi connectivity index (χ3n) is 5.62. The Morgan fingerprint density at radius 3 is 2.42 bits per heavy atom. The minimum atomic E-state index is -0.660. The molecule has 0 unspecified atom stereocenters. The Morgan fingerprint density at radius 2 is 1.69 bits per heavy atom. The predicted molar refractivity (Wildman–Crippen MR) is 145 cm³/mol. The van der Waals surface area contributed by atoms with E-state index in [4.69, 9.17) is 9.47 Å². The topological polar surface area (TPSA) is 104 Å². The summed E-state index contributed by atoms with van der Waals surface area (Å²) in [5.41, 5.74) is 0.929. The lowest BCUT2D eigenvalue weighted by atomic mass is 10.1. The van der Waals surface area contributed by atoms with Gasteiger partial charge in [-0.05, 0) is 79.1 Å². The van der Waals surface area contributed by atoms with Crippen LogP contribution in [0.3, 0.4) is 0 Å². The van der Waals surface area contributed by atoms with E-state index < -0.39 is 6.10 Å². The Balaban J connectivity index is 0.00000361. The van der Waals surface area contributed by atoms with Gasteiger partial charge in [-0.3, -0.25) is 4.79 Å². The summed E-state index contributed by atoms with van der Waals surface area (Å²) in [5, 5.41) is 23.2. The van der Waals surface area contributed by atoms with E-state index in [1.165, 1.54) is 30.3 Å². The highest BCUT2D eigenvalue weighted by molar-refractivity contribution is 8.18. The highest BCUT2D eigenvalue weighted by atomic mass is 35.5. The number of halogens is 1. The van der Waals surface area contributed by atoms with Crippen molar-refractivity contribution < 1.29 is 24.5 Å². The van der Waals surface area contributed by atoms with E-state index in [1.54, 1.807) is 12.1 Å².